The average Bonchev–Trinajstić information content (AvgIpc) is 2.42. The molecular weight excluding hydrogens is 238 g/mol. The van der Waals surface area contributed by atoms with Crippen molar-refractivity contribution in [3.05, 3.63) is 29.3 Å². The molecule has 104 valence electrons. The summed E-state index contributed by atoms with van der Waals surface area (Å²) >= 11 is 0. The van der Waals surface area contributed by atoms with Crippen LogP contribution in [0.2, 0.25) is 0 Å². The van der Waals surface area contributed by atoms with E-state index in [0.717, 1.165) is 37.4 Å². The monoisotopic (exact) mass is 261 g/mol. The fraction of sp³-hybridized carbons (Fsp3) is 0.562. The second kappa shape index (κ2) is 6.09. The topological polar surface area (TPSA) is 40.5 Å². The molecule has 0 aromatic heterocycles. The van der Waals surface area contributed by atoms with Gasteiger partial charge in [0.05, 0.1) is 0 Å². The minimum atomic E-state index is 0.0954. The largest absolute Gasteiger partial charge is 0.508 e. The maximum absolute atomic E-state index is 12.4. The van der Waals surface area contributed by atoms with E-state index in [2.05, 4.69) is 6.92 Å². The van der Waals surface area contributed by atoms with Crippen LogP contribution in [0.4, 0.5) is 0 Å². The van der Waals surface area contributed by atoms with Gasteiger partial charge < -0.3 is 10.0 Å². The van der Waals surface area contributed by atoms with Crippen LogP contribution in [0.5, 0.6) is 5.75 Å². The number of rotatable bonds is 3. The number of phenols is 1. The Morgan fingerprint density at radius 1 is 1.37 bits per heavy atom. The van der Waals surface area contributed by atoms with Gasteiger partial charge in [-0.2, -0.15) is 0 Å². The van der Waals surface area contributed by atoms with Crippen LogP contribution in [0.1, 0.15) is 48.5 Å². The number of benzene rings is 1. The first-order valence-electron chi connectivity index (χ1n) is 7.20. The fourth-order valence-electron chi connectivity index (χ4n) is 2.80. The van der Waals surface area contributed by atoms with Crippen molar-refractivity contribution in [1.29, 1.82) is 0 Å². The van der Waals surface area contributed by atoms with Gasteiger partial charge in [-0.25, -0.2) is 0 Å². The van der Waals surface area contributed by atoms with Crippen molar-refractivity contribution in [2.24, 2.45) is 5.92 Å². The molecule has 2 rings (SSSR count). The molecule has 0 bridgehead atoms. The van der Waals surface area contributed by atoms with Gasteiger partial charge in [0.2, 0.25) is 0 Å². The minimum absolute atomic E-state index is 0.0954. The van der Waals surface area contributed by atoms with E-state index in [1.807, 2.05) is 11.8 Å². The number of aromatic hydroxyl groups is 1. The van der Waals surface area contributed by atoms with Crippen LogP contribution in [0.15, 0.2) is 18.2 Å². The van der Waals surface area contributed by atoms with Crippen molar-refractivity contribution < 1.29 is 9.90 Å². The Morgan fingerprint density at radius 3 is 2.63 bits per heavy atom. The first kappa shape index (κ1) is 13.9. The number of likely N-dealkylation sites (tertiary alicyclic amines) is 1. The van der Waals surface area contributed by atoms with Crippen LogP contribution >= 0.6 is 0 Å². The van der Waals surface area contributed by atoms with Crippen LogP contribution in [-0.4, -0.2) is 29.0 Å². The number of hydrogen-bond donors (Lipinski definition) is 1. The lowest BCUT2D eigenvalue weighted by Crippen LogP contribution is -2.38. The Labute approximate surface area is 115 Å². The molecule has 0 unspecified atom stereocenters. The molecule has 1 heterocycles. The van der Waals surface area contributed by atoms with Gasteiger partial charge in [-0.05, 0) is 49.4 Å². The Kier molecular flexibility index (Phi) is 4.46. The fourth-order valence-corrected chi connectivity index (χ4v) is 2.80. The number of phenolic OH excluding ortho intramolecular Hbond substituents is 1. The summed E-state index contributed by atoms with van der Waals surface area (Å²) in [5.41, 5.74) is 1.44. The predicted octanol–water partition coefficient (Wildman–Crippen LogP) is 3.35. The van der Waals surface area contributed by atoms with Gasteiger partial charge in [-0.15, -0.1) is 0 Å². The van der Waals surface area contributed by atoms with Crippen molar-refractivity contribution in [1.82, 2.24) is 4.90 Å². The number of hydrogen-bond acceptors (Lipinski definition) is 2. The molecule has 1 amide bonds. The lowest BCUT2D eigenvalue weighted by molar-refractivity contribution is 0.0686. The van der Waals surface area contributed by atoms with Crippen LogP contribution in [0, 0.1) is 12.8 Å². The van der Waals surface area contributed by atoms with Gasteiger partial charge in [-0.3, -0.25) is 4.79 Å². The zero-order valence-corrected chi connectivity index (χ0v) is 11.9. The van der Waals surface area contributed by atoms with Crippen molar-refractivity contribution >= 4 is 5.91 Å². The van der Waals surface area contributed by atoms with Crippen molar-refractivity contribution in [3.8, 4) is 5.75 Å². The minimum Gasteiger partial charge on any atom is -0.508 e. The molecule has 0 radical (unpaired) electrons. The molecule has 1 aliphatic rings. The molecule has 0 saturated carbocycles. The molecule has 19 heavy (non-hydrogen) atoms. The molecule has 1 aliphatic heterocycles. The van der Waals surface area contributed by atoms with Gasteiger partial charge in [-0.1, -0.05) is 19.8 Å². The number of carbonyl (C=O) groups excluding carboxylic acids is 1. The number of nitrogens with zero attached hydrogens (tertiary/aromatic N) is 1. The van der Waals surface area contributed by atoms with E-state index >= 15 is 0 Å². The zero-order valence-electron chi connectivity index (χ0n) is 11.9. The number of carbonyl (C=O) groups is 1. The molecule has 0 spiro atoms. The first-order chi connectivity index (χ1) is 9.11. The number of piperidine rings is 1. The molecule has 1 N–H and O–H groups in total. The van der Waals surface area contributed by atoms with E-state index in [9.17, 15) is 9.90 Å². The van der Waals surface area contributed by atoms with Gasteiger partial charge >= 0.3 is 0 Å². The third-order valence-electron chi connectivity index (χ3n) is 4.04. The average molecular weight is 261 g/mol. The molecule has 3 heteroatoms. The van der Waals surface area contributed by atoms with Crippen LogP contribution < -0.4 is 0 Å². The lowest BCUT2D eigenvalue weighted by atomic mass is 9.92. The Bertz CT molecular complexity index is 448. The van der Waals surface area contributed by atoms with Crippen molar-refractivity contribution in [2.75, 3.05) is 13.1 Å². The number of aryl methyl sites for hydroxylation is 1. The van der Waals surface area contributed by atoms with E-state index in [1.165, 1.54) is 12.8 Å². The summed E-state index contributed by atoms with van der Waals surface area (Å²) in [7, 11) is 0. The SMILES string of the molecule is CCCC1CCN(C(=O)c2ccc(O)c(C)c2)CC1. The van der Waals surface area contributed by atoms with Gasteiger partial charge in [0.15, 0.2) is 0 Å². The molecule has 0 aliphatic carbocycles. The highest BCUT2D eigenvalue weighted by Gasteiger charge is 2.23. The van der Waals surface area contributed by atoms with Gasteiger partial charge in [0, 0.05) is 18.7 Å². The summed E-state index contributed by atoms with van der Waals surface area (Å²) in [6, 6.07) is 5.09. The third kappa shape index (κ3) is 3.28. The lowest BCUT2D eigenvalue weighted by Gasteiger charge is -2.32. The summed E-state index contributed by atoms with van der Waals surface area (Å²) in [6.45, 7) is 5.77. The summed E-state index contributed by atoms with van der Waals surface area (Å²) in [5, 5.41) is 9.50. The highest BCUT2D eigenvalue weighted by Crippen LogP contribution is 2.24. The predicted molar refractivity (Wildman–Crippen MR) is 76.4 cm³/mol. The van der Waals surface area contributed by atoms with Crippen molar-refractivity contribution in [2.45, 2.75) is 39.5 Å². The molecule has 1 aromatic carbocycles. The molecule has 0 atom stereocenters. The summed E-state index contributed by atoms with van der Waals surface area (Å²) in [4.78, 5) is 14.3. The van der Waals surface area contributed by atoms with E-state index in [-0.39, 0.29) is 11.7 Å². The maximum atomic E-state index is 12.4. The molecule has 1 saturated heterocycles. The van der Waals surface area contributed by atoms with E-state index in [0.29, 0.717) is 5.56 Å². The Hall–Kier alpha value is -1.51. The van der Waals surface area contributed by atoms with Crippen LogP contribution in [0.25, 0.3) is 0 Å². The quantitative estimate of drug-likeness (QED) is 0.906. The molecule has 1 fully saturated rings. The second-order valence-electron chi connectivity index (χ2n) is 5.53. The smallest absolute Gasteiger partial charge is 0.253 e. The van der Waals surface area contributed by atoms with E-state index < -0.39 is 0 Å². The Balaban J connectivity index is 1.99. The third-order valence-corrected chi connectivity index (χ3v) is 4.04. The summed E-state index contributed by atoms with van der Waals surface area (Å²) < 4.78 is 0. The maximum Gasteiger partial charge on any atom is 0.253 e. The molecular formula is C16H23NO2. The van der Waals surface area contributed by atoms with Crippen LogP contribution in [-0.2, 0) is 0 Å². The first-order valence-corrected chi connectivity index (χ1v) is 7.20. The highest BCUT2D eigenvalue weighted by molar-refractivity contribution is 5.94. The van der Waals surface area contributed by atoms with Gasteiger partial charge in [0.1, 0.15) is 5.75 Å². The normalized spacial score (nSPS) is 16.6. The summed E-state index contributed by atoms with van der Waals surface area (Å²) in [5.74, 6) is 1.13. The Morgan fingerprint density at radius 2 is 2.05 bits per heavy atom. The zero-order chi connectivity index (χ0) is 13.8. The molecule has 1 aromatic rings. The van der Waals surface area contributed by atoms with E-state index in [4.69, 9.17) is 0 Å². The highest BCUT2D eigenvalue weighted by atomic mass is 16.3. The number of amides is 1. The van der Waals surface area contributed by atoms with E-state index in [1.54, 1.807) is 18.2 Å². The van der Waals surface area contributed by atoms with Gasteiger partial charge in [0.25, 0.3) is 5.91 Å². The van der Waals surface area contributed by atoms with Crippen molar-refractivity contribution in [3.63, 3.8) is 0 Å². The summed E-state index contributed by atoms with van der Waals surface area (Å²) in [6.07, 6.45) is 4.75. The van der Waals surface area contributed by atoms with Crippen LogP contribution in [0.3, 0.4) is 0 Å². The molecule has 3 nitrogen and oxygen atoms in total. The second-order valence-corrected chi connectivity index (χ2v) is 5.53. The standard InChI is InChI=1S/C16H23NO2/c1-3-4-13-7-9-17(10-8-13)16(19)14-5-6-15(18)12(2)11-14/h5-6,11,13,18H,3-4,7-10H2,1-2H3.